The highest BCUT2D eigenvalue weighted by molar-refractivity contribution is 5.91. The van der Waals surface area contributed by atoms with Gasteiger partial charge >= 0.3 is 11.9 Å². The molecular weight excluding hydrogens is 376 g/mol. The highest BCUT2D eigenvalue weighted by Gasteiger charge is 2.26. The fraction of sp³-hybridized carbons (Fsp3) is 0.350. The number of carbonyl (C=O) groups excluding carboxylic acids is 2. The van der Waals surface area contributed by atoms with E-state index in [0.29, 0.717) is 22.7 Å². The summed E-state index contributed by atoms with van der Waals surface area (Å²) in [6, 6.07) is 7.45. The zero-order valence-electron chi connectivity index (χ0n) is 16.8. The van der Waals surface area contributed by atoms with Crippen LogP contribution >= 0.6 is 0 Å². The molecule has 0 aliphatic rings. The minimum atomic E-state index is -0.673. The van der Waals surface area contributed by atoms with Gasteiger partial charge in [-0.2, -0.15) is 5.10 Å². The Kier molecular flexibility index (Phi) is 6.06. The van der Waals surface area contributed by atoms with Crippen molar-refractivity contribution in [3.05, 3.63) is 41.3 Å². The van der Waals surface area contributed by atoms with E-state index in [9.17, 15) is 9.59 Å². The van der Waals surface area contributed by atoms with Gasteiger partial charge in [-0.25, -0.2) is 9.31 Å². The van der Waals surface area contributed by atoms with Crippen molar-refractivity contribution in [2.75, 3.05) is 20.3 Å². The average Bonchev–Trinajstić information content (AvgIpc) is 3.04. The third-order valence-electron chi connectivity index (χ3n) is 4.27. The number of carbonyl (C=O) groups is 2. The lowest BCUT2D eigenvalue weighted by atomic mass is 10.1. The van der Waals surface area contributed by atoms with E-state index < -0.39 is 11.9 Å². The summed E-state index contributed by atoms with van der Waals surface area (Å²) >= 11 is 0. The molecule has 0 spiro atoms. The van der Waals surface area contributed by atoms with Gasteiger partial charge in [-0.05, 0) is 26.8 Å². The van der Waals surface area contributed by atoms with Crippen molar-refractivity contribution in [2.45, 2.75) is 27.2 Å². The van der Waals surface area contributed by atoms with Crippen molar-refractivity contribution >= 4 is 17.6 Å². The lowest BCUT2D eigenvalue weighted by Crippen LogP contribution is -2.20. The summed E-state index contributed by atoms with van der Waals surface area (Å²) in [5.41, 5.74) is 2.73. The van der Waals surface area contributed by atoms with Crippen LogP contribution in [0, 0.1) is 6.92 Å². The smallest absolute Gasteiger partial charge is 0.360 e. The Hall–Kier alpha value is -3.49. The second kappa shape index (κ2) is 8.68. The molecule has 1 aromatic carbocycles. The van der Waals surface area contributed by atoms with Gasteiger partial charge in [-0.3, -0.25) is 4.79 Å². The molecule has 2 aromatic heterocycles. The molecule has 9 heteroatoms. The van der Waals surface area contributed by atoms with Crippen molar-refractivity contribution in [1.29, 1.82) is 0 Å². The zero-order valence-corrected chi connectivity index (χ0v) is 16.8. The number of hydrogen-bond acceptors (Lipinski definition) is 8. The second-order valence-corrected chi connectivity index (χ2v) is 6.09. The number of nitrogens with zero attached hydrogens (tertiary/aromatic N) is 4. The molecule has 152 valence electrons. The van der Waals surface area contributed by atoms with E-state index in [4.69, 9.17) is 14.2 Å². The average molecular weight is 398 g/mol. The maximum absolute atomic E-state index is 12.4. The molecule has 3 rings (SSSR count). The molecule has 0 aliphatic heterocycles. The van der Waals surface area contributed by atoms with E-state index in [2.05, 4.69) is 15.3 Å². The summed E-state index contributed by atoms with van der Waals surface area (Å²) < 4.78 is 17.0. The zero-order chi connectivity index (χ0) is 21.0. The monoisotopic (exact) mass is 398 g/mol. The van der Waals surface area contributed by atoms with Gasteiger partial charge in [0.05, 0.1) is 43.7 Å². The molecule has 0 atom stereocenters. The maximum Gasteiger partial charge on any atom is 0.360 e. The summed E-state index contributed by atoms with van der Waals surface area (Å²) in [6.07, 6.45) is -0.194. The first kappa shape index (κ1) is 20.2. The maximum atomic E-state index is 12.4. The van der Waals surface area contributed by atoms with Gasteiger partial charge in [-0.15, -0.1) is 10.2 Å². The summed E-state index contributed by atoms with van der Waals surface area (Å²) in [4.78, 5) is 24.5. The van der Waals surface area contributed by atoms with Gasteiger partial charge in [0.15, 0.2) is 11.3 Å². The van der Waals surface area contributed by atoms with Gasteiger partial charge in [0.2, 0.25) is 0 Å². The summed E-state index contributed by atoms with van der Waals surface area (Å²) in [6.45, 7) is 5.60. The first-order valence-electron chi connectivity index (χ1n) is 9.22. The molecule has 29 heavy (non-hydrogen) atoms. The normalized spacial score (nSPS) is 10.8. The van der Waals surface area contributed by atoms with Crippen molar-refractivity contribution < 1.29 is 23.8 Å². The molecule has 0 amide bonds. The largest absolute Gasteiger partial charge is 0.496 e. The molecule has 0 aliphatic carbocycles. The Labute approximate surface area is 167 Å². The van der Waals surface area contributed by atoms with Gasteiger partial charge in [0, 0.05) is 5.56 Å². The lowest BCUT2D eigenvalue weighted by Gasteiger charge is -2.10. The predicted octanol–water partition coefficient (Wildman–Crippen LogP) is 2.39. The third-order valence-corrected chi connectivity index (χ3v) is 4.27. The highest BCUT2D eigenvalue weighted by atomic mass is 16.5. The number of ether oxygens (including phenoxy) is 3. The van der Waals surface area contributed by atoms with Crippen molar-refractivity contribution in [3.63, 3.8) is 0 Å². The van der Waals surface area contributed by atoms with Crippen LogP contribution in [0.15, 0.2) is 24.3 Å². The Morgan fingerprint density at radius 2 is 1.79 bits per heavy atom. The van der Waals surface area contributed by atoms with E-state index in [1.807, 2.05) is 31.2 Å². The highest BCUT2D eigenvalue weighted by Crippen LogP contribution is 2.34. The minimum absolute atomic E-state index is 0.0681. The van der Waals surface area contributed by atoms with Gasteiger partial charge in [0.25, 0.3) is 0 Å². The molecule has 0 N–H and O–H groups in total. The lowest BCUT2D eigenvalue weighted by molar-refractivity contribution is -0.142. The van der Waals surface area contributed by atoms with E-state index in [1.165, 1.54) is 4.52 Å². The molecule has 0 bridgehead atoms. The van der Waals surface area contributed by atoms with E-state index in [1.54, 1.807) is 21.0 Å². The first-order chi connectivity index (χ1) is 14.0. The van der Waals surface area contributed by atoms with E-state index in [0.717, 1.165) is 5.56 Å². The second-order valence-electron chi connectivity index (χ2n) is 6.09. The SMILES string of the molecule is CCOC(=O)Cc1c(C(=O)OCC)nnc2c(-c3ccccc3OC)c(C)nn12. The predicted molar refractivity (Wildman–Crippen MR) is 104 cm³/mol. The molecule has 9 nitrogen and oxygen atoms in total. The topological polar surface area (TPSA) is 105 Å². The molecule has 0 radical (unpaired) electrons. The number of rotatable bonds is 7. The first-order valence-corrected chi connectivity index (χ1v) is 9.22. The molecule has 0 unspecified atom stereocenters. The van der Waals surface area contributed by atoms with Crippen molar-refractivity contribution in [3.8, 4) is 16.9 Å². The van der Waals surface area contributed by atoms with Crippen LogP contribution < -0.4 is 4.74 Å². The number of hydrogen-bond donors (Lipinski definition) is 0. The van der Waals surface area contributed by atoms with Crippen LogP contribution in [0.3, 0.4) is 0 Å². The van der Waals surface area contributed by atoms with Gasteiger partial charge < -0.3 is 14.2 Å². The van der Waals surface area contributed by atoms with Gasteiger partial charge in [0.1, 0.15) is 5.75 Å². The Balaban J connectivity index is 2.25. The molecule has 0 saturated carbocycles. The fourth-order valence-corrected chi connectivity index (χ4v) is 3.08. The van der Waals surface area contributed by atoms with Crippen LogP contribution in [0.2, 0.25) is 0 Å². The van der Waals surface area contributed by atoms with Crippen LogP contribution in [-0.4, -0.2) is 52.1 Å². The standard InChI is InChI=1S/C20H22N4O5/c1-5-28-16(25)11-14-18(20(26)29-6-2)21-22-19-17(12(3)23-24(14)19)13-9-7-8-10-15(13)27-4/h7-10H,5-6,11H2,1-4H3. The Morgan fingerprint density at radius 1 is 1.07 bits per heavy atom. The summed E-state index contributed by atoms with van der Waals surface area (Å²) in [7, 11) is 1.58. The summed E-state index contributed by atoms with van der Waals surface area (Å²) in [5.74, 6) is -0.527. The molecule has 2 heterocycles. The Bertz CT molecular complexity index is 1060. The quantitative estimate of drug-likeness (QED) is 0.559. The number of methoxy groups -OCH3 is 1. The number of aromatic nitrogens is 4. The number of esters is 2. The number of para-hydroxylation sites is 1. The van der Waals surface area contributed by atoms with Crippen LogP contribution in [0.25, 0.3) is 16.8 Å². The van der Waals surface area contributed by atoms with Crippen molar-refractivity contribution in [2.24, 2.45) is 0 Å². The summed E-state index contributed by atoms with van der Waals surface area (Å²) in [5, 5.41) is 12.8. The van der Waals surface area contributed by atoms with E-state index in [-0.39, 0.29) is 31.0 Å². The molecule has 0 fully saturated rings. The molecule has 3 aromatic rings. The van der Waals surface area contributed by atoms with Crippen LogP contribution in [0.1, 0.15) is 35.7 Å². The van der Waals surface area contributed by atoms with Crippen LogP contribution in [-0.2, 0) is 20.7 Å². The number of aryl methyl sites for hydroxylation is 1. The third kappa shape index (κ3) is 3.89. The molecule has 0 saturated heterocycles. The molecular formula is C20H22N4O5. The minimum Gasteiger partial charge on any atom is -0.496 e. The van der Waals surface area contributed by atoms with E-state index >= 15 is 0 Å². The van der Waals surface area contributed by atoms with Gasteiger partial charge in [-0.1, -0.05) is 18.2 Å². The number of benzene rings is 1. The van der Waals surface area contributed by atoms with Crippen molar-refractivity contribution in [1.82, 2.24) is 19.8 Å². The van der Waals surface area contributed by atoms with Crippen LogP contribution in [0.4, 0.5) is 0 Å². The van der Waals surface area contributed by atoms with Crippen LogP contribution in [0.5, 0.6) is 5.75 Å². The Morgan fingerprint density at radius 3 is 2.48 bits per heavy atom. The fourth-order valence-electron chi connectivity index (χ4n) is 3.08. The number of fused-ring (bicyclic) bond motifs is 1.